The van der Waals surface area contributed by atoms with Crippen molar-refractivity contribution in [3.05, 3.63) is 41.4 Å². The molecule has 1 amide bonds. The van der Waals surface area contributed by atoms with Crippen molar-refractivity contribution in [2.24, 2.45) is 0 Å². The molecule has 2 aliphatic heterocycles. The van der Waals surface area contributed by atoms with Crippen LogP contribution >= 0.6 is 0 Å². The Morgan fingerprint density at radius 1 is 1.31 bits per heavy atom. The molecule has 7 heteroatoms. The molecule has 0 aliphatic carbocycles. The number of likely N-dealkylation sites (tertiary alicyclic amines) is 1. The first-order chi connectivity index (χ1) is 12.6. The number of aromatic nitrogens is 2. The van der Waals surface area contributed by atoms with E-state index in [4.69, 9.17) is 14.0 Å². The zero-order chi connectivity index (χ0) is 18.1. The van der Waals surface area contributed by atoms with E-state index in [-0.39, 0.29) is 17.6 Å². The van der Waals surface area contributed by atoms with Crippen LogP contribution < -0.4 is 4.74 Å². The minimum Gasteiger partial charge on any atom is -0.472 e. The van der Waals surface area contributed by atoms with E-state index >= 15 is 0 Å². The Morgan fingerprint density at radius 3 is 2.77 bits per heavy atom. The Hall–Kier alpha value is -2.41. The summed E-state index contributed by atoms with van der Waals surface area (Å²) in [6.45, 7) is 5.47. The molecule has 0 N–H and O–H groups in total. The number of hydrogen-bond donors (Lipinski definition) is 0. The van der Waals surface area contributed by atoms with Gasteiger partial charge in [0.1, 0.15) is 17.4 Å². The van der Waals surface area contributed by atoms with Gasteiger partial charge in [-0.25, -0.2) is 4.98 Å². The number of amides is 1. The molecule has 1 spiro atoms. The lowest BCUT2D eigenvalue weighted by Gasteiger charge is -2.38. The first kappa shape index (κ1) is 17.0. The second-order valence-electron chi connectivity index (χ2n) is 7.10. The van der Waals surface area contributed by atoms with E-state index < -0.39 is 0 Å². The fraction of sp³-hybridized carbons (Fsp3) is 0.526. The van der Waals surface area contributed by atoms with Crippen LogP contribution in [0.15, 0.2) is 28.9 Å². The van der Waals surface area contributed by atoms with Crippen LogP contribution in [0.3, 0.4) is 0 Å². The van der Waals surface area contributed by atoms with E-state index in [1.807, 2.05) is 23.1 Å². The maximum atomic E-state index is 12.8. The van der Waals surface area contributed by atoms with Crippen molar-refractivity contribution in [2.45, 2.75) is 44.8 Å². The Balaban J connectivity index is 1.36. The summed E-state index contributed by atoms with van der Waals surface area (Å²) in [4.78, 5) is 18.8. The largest absolute Gasteiger partial charge is 0.472 e. The number of nitrogens with zero attached hydrogens (tertiary/aromatic N) is 3. The van der Waals surface area contributed by atoms with Crippen molar-refractivity contribution in [3.63, 3.8) is 0 Å². The summed E-state index contributed by atoms with van der Waals surface area (Å²) < 4.78 is 17.2. The molecule has 26 heavy (non-hydrogen) atoms. The van der Waals surface area contributed by atoms with E-state index in [0.29, 0.717) is 42.6 Å². The number of rotatable bonds is 3. The zero-order valence-corrected chi connectivity index (χ0v) is 15.1. The van der Waals surface area contributed by atoms with Crippen LogP contribution in [-0.2, 0) is 4.74 Å². The normalized spacial score (nSPS) is 21.9. The Labute approximate surface area is 152 Å². The highest BCUT2D eigenvalue weighted by Crippen LogP contribution is 2.37. The van der Waals surface area contributed by atoms with Gasteiger partial charge in [-0.2, -0.15) is 0 Å². The molecule has 0 saturated carbocycles. The van der Waals surface area contributed by atoms with Gasteiger partial charge in [0.25, 0.3) is 5.91 Å². The lowest BCUT2D eigenvalue weighted by Crippen LogP contribution is -2.46. The van der Waals surface area contributed by atoms with Crippen molar-refractivity contribution in [1.29, 1.82) is 0 Å². The van der Waals surface area contributed by atoms with Gasteiger partial charge in [-0.05, 0) is 32.8 Å². The Kier molecular flexibility index (Phi) is 4.40. The molecule has 4 heterocycles. The van der Waals surface area contributed by atoms with Crippen LogP contribution in [0.1, 0.15) is 41.1 Å². The van der Waals surface area contributed by atoms with Crippen LogP contribution in [0.2, 0.25) is 0 Å². The van der Waals surface area contributed by atoms with E-state index in [1.54, 1.807) is 20.0 Å². The van der Waals surface area contributed by atoms with Crippen molar-refractivity contribution in [2.75, 3.05) is 19.7 Å². The highest BCUT2D eigenvalue weighted by atomic mass is 16.6. The fourth-order valence-electron chi connectivity index (χ4n) is 3.88. The lowest BCUT2D eigenvalue weighted by atomic mass is 9.87. The first-order valence-corrected chi connectivity index (χ1v) is 9.00. The third-order valence-electron chi connectivity index (χ3n) is 5.31. The van der Waals surface area contributed by atoms with Crippen molar-refractivity contribution in [3.8, 4) is 5.88 Å². The number of hydrogen-bond acceptors (Lipinski definition) is 6. The predicted molar refractivity (Wildman–Crippen MR) is 93.1 cm³/mol. The van der Waals surface area contributed by atoms with E-state index in [1.165, 1.54) is 0 Å². The SMILES string of the molecule is Cc1noc(C)c1C(=O)N1CCC2(CC1)C[C@@H](Oc1ccccn1)CO2. The minimum atomic E-state index is -0.199. The molecular weight excluding hydrogens is 334 g/mol. The summed E-state index contributed by atoms with van der Waals surface area (Å²) in [6.07, 6.45) is 4.18. The fourth-order valence-corrected chi connectivity index (χ4v) is 3.88. The van der Waals surface area contributed by atoms with Crippen LogP contribution in [-0.4, -0.2) is 52.3 Å². The molecule has 0 aromatic carbocycles. The molecule has 0 unspecified atom stereocenters. The van der Waals surface area contributed by atoms with E-state index in [9.17, 15) is 4.79 Å². The minimum absolute atomic E-state index is 0.00428. The molecule has 2 aromatic heterocycles. The van der Waals surface area contributed by atoms with Gasteiger partial charge in [-0.15, -0.1) is 0 Å². The van der Waals surface area contributed by atoms with Crippen LogP contribution in [0, 0.1) is 13.8 Å². The molecule has 138 valence electrons. The van der Waals surface area contributed by atoms with Gasteiger partial charge in [0.05, 0.1) is 17.9 Å². The predicted octanol–water partition coefficient (Wildman–Crippen LogP) is 2.53. The molecule has 4 rings (SSSR count). The van der Waals surface area contributed by atoms with Crippen molar-refractivity contribution in [1.82, 2.24) is 15.0 Å². The third-order valence-corrected chi connectivity index (χ3v) is 5.31. The second kappa shape index (κ2) is 6.72. The van der Waals surface area contributed by atoms with E-state index in [0.717, 1.165) is 19.3 Å². The smallest absolute Gasteiger partial charge is 0.259 e. The van der Waals surface area contributed by atoms with Crippen LogP contribution in [0.5, 0.6) is 5.88 Å². The van der Waals surface area contributed by atoms with Gasteiger partial charge in [0.2, 0.25) is 5.88 Å². The zero-order valence-electron chi connectivity index (χ0n) is 15.1. The van der Waals surface area contributed by atoms with Gasteiger partial charge >= 0.3 is 0 Å². The summed E-state index contributed by atoms with van der Waals surface area (Å²) in [5.41, 5.74) is 1.04. The Morgan fingerprint density at radius 2 is 2.12 bits per heavy atom. The van der Waals surface area contributed by atoms with Gasteiger partial charge in [0.15, 0.2) is 0 Å². The van der Waals surface area contributed by atoms with Crippen LogP contribution in [0.25, 0.3) is 0 Å². The average molecular weight is 357 g/mol. The maximum absolute atomic E-state index is 12.8. The number of aryl methyl sites for hydroxylation is 2. The first-order valence-electron chi connectivity index (χ1n) is 9.00. The van der Waals surface area contributed by atoms with Crippen LogP contribution in [0.4, 0.5) is 0 Å². The number of pyridine rings is 1. The number of piperidine rings is 1. The molecule has 0 radical (unpaired) electrons. The monoisotopic (exact) mass is 357 g/mol. The van der Waals surface area contributed by atoms with Gasteiger partial charge in [0, 0.05) is 31.8 Å². The molecule has 0 bridgehead atoms. The molecule has 7 nitrogen and oxygen atoms in total. The third kappa shape index (κ3) is 3.19. The van der Waals surface area contributed by atoms with Crippen molar-refractivity contribution >= 4 is 5.91 Å². The molecular formula is C19H23N3O4. The summed E-state index contributed by atoms with van der Waals surface area (Å²) in [5.74, 6) is 1.20. The number of carbonyl (C=O) groups excluding carboxylic acids is 1. The average Bonchev–Trinajstić information content (AvgIpc) is 3.19. The summed E-state index contributed by atoms with van der Waals surface area (Å²) in [5, 5.41) is 3.88. The Bertz CT molecular complexity index is 762. The summed E-state index contributed by atoms with van der Waals surface area (Å²) >= 11 is 0. The van der Waals surface area contributed by atoms with Gasteiger partial charge < -0.3 is 18.9 Å². The molecule has 1 atom stereocenters. The highest BCUT2D eigenvalue weighted by molar-refractivity contribution is 5.96. The van der Waals surface area contributed by atoms with Crippen molar-refractivity contribution < 1.29 is 18.8 Å². The van der Waals surface area contributed by atoms with Gasteiger partial charge in [-0.1, -0.05) is 11.2 Å². The quantitative estimate of drug-likeness (QED) is 0.840. The maximum Gasteiger partial charge on any atom is 0.259 e. The van der Waals surface area contributed by atoms with Gasteiger partial charge in [-0.3, -0.25) is 4.79 Å². The van der Waals surface area contributed by atoms with E-state index in [2.05, 4.69) is 10.1 Å². The summed E-state index contributed by atoms with van der Waals surface area (Å²) in [6, 6.07) is 5.63. The standard InChI is InChI=1S/C19H23N3O4/c1-13-17(14(2)26-21-13)18(23)22-9-6-19(7-10-22)11-15(12-24-19)25-16-5-3-4-8-20-16/h3-5,8,15H,6-7,9-12H2,1-2H3/t15-/m1/s1. The number of carbonyl (C=O) groups is 1. The molecule has 2 fully saturated rings. The summed E-state index contributed by atoms with van der Waals surface area (Å²) in [7, 11) is 0. The highest BCUT2D eigenvalue weighted by Gasteiger charge is 2.44. The molecule has 2 aliphatic rings. The lowest BCUT2D eigenvalue weighted by molar-refractivity contribution is -0.0396. The second-order valence-corrected chi connectivity index (χ2v) is 7.10. The topological polar surface area (TPSA) is 77.7 Å². The molecule has 2 saturated heterocycles. The molecule has 2 aromatic rings. The number of ether oxygens (including phenoxy) is 2.